The number of Topliss-reactive ketones (excluding diaryl/α,β-unsaturated/α-hetero) is 1. The number of anilines is 1. The Morgan fingerprint density at radius 3 is 2.57 bits per heavy atom. The quantitative estimate of drug-likeness (QED) is 0.578. The largest absolute Gasteiger partial charge is 0.484 e. The van der Waals surface area contributed by atoms with Gasteiger partial charge in [-0.1, -0.05) is 36.7 Å². The molecule has 0 aliphatic heterocycles. The minimum Gasteiger partial charge on any atom is -0.484 e. The second-order valence-electron chi connectivity index (χ2n) is 6.10. The predicted octanol–water partition coefficient (Wildman–Crippen LogP) is 4.20. The number of nitrogens with zero attached hydrogens (tertiary/aromatic N) is 2. The molecule has 2 aromatic carbocycles. The molecule has 0 aliphatic rings. The Morgan fingerprint density at radius 2 is 1.86 bits per heavy atom. The summed E-state index contributed by atoms with van der Waals surface area (Å²) in [4.78, 5) is 23.9. The average Bonchev–Trinajstić information content (AvgIpc) is 3.14. The minimum atomic E-state index is -0.311. The van der Waals surface area contributed by atoms with Gasteiger partial charge in [0.2, 0.25) is 0 Å². The number of carbonyl (C=O) groups is 2. The topological polar surface area (TPSA) is 73.2 Å². The number of amides is 1. The van der Waals surface area contributed by atoms with Crippen LogP contribution in [0.4, 0.5) is 5.82 Å². The summed E-state index contributed by atoms with van der Waals surface area (Å²) in [6, 6.07) is 15.9. The highest BCUT2D eigenvalue weighted by Gasteiger charge is 2.10. The Labute approximate surface area is 168 Å². The molecule has 0 fully saturated rings. The summed E-state index contributed by atoms with van der Waals surface area (Å²) in [6.07, 6.45) is 2.06. The number of aromatic nitrogens is 2. The second kappa shape index (κ2) is 9.19. The van der Waals surface area contributed by atoms with Crippen LogP contribution in [0.15, 0.2) is 60.8 Å². The number of nitrogens with one attached hydrogen (secondary N) is 1. The first kappa shape index (κ1) is 19.6. The Bertz CT molecular complexity index is 967. The first-order chi connectivity index (χ1) is 13.6. The van der Waals surface area contributed by atoms with Gasteiger partial charge in [-0.2, -0.15) is 5.10 Å². The molecule has 0 spiro atoms. The molecule has 0 atom stereocenters. The first-order valence-electron chi connectivity index (χ1n) is 8.88. The molecule has 0 bridgehead atoms. The average molecular weight is 398 g/mol. The van der Waals surface area contributed by atoms with E-state index >= 15 is 0 Å². The predicted molar refractivity (Wildman–Crippen MR) is 108 cm³/mol. The lowest BCUT2D eigenvalue weighted by molar-refractivity contribution is -0.118. The summed E-state index contributed by atoms with van der Waals surface area (Å²) in [5, 5.41) is 7.65. The van der Waals surface area contributed by atoms with Crippen LogP contribution in [0, 0.1) is 0 Å². The lowest BCUT2D eigenvalue weighted by Crippen LogP contribution is -2.22. The molecule has 1 heterocycles. The Morgan fingerprint density at radius 1 is 1.11 bits per heavy atom. The van der Waals surface area contributed by atoms with Gasteiger partial charge in [0.25, 0.3) is 5.91 Å². The molecule has 3 rings (SSSR count). The summed E-state index contributed by atoms with van der Waals surface area (Å²) in [5.74, 6) is 0.829. The smallest absolute Gasteiger partial charge is 0.263 e. The molecule has 0 saturated carbocycles. The van der Waals surface area contributed by atoms with E-state index in [0.29, 0.717) is 35.1 Å². The number of hydrogen-bond acceptors (Lipinski definition) is 4. The van der Waals surface area contributed by atoms with Crippen LogP contribution in [-0.4, -0.2) is 28.1 Å². The summed E-state index contributed by atoms with van der Waals surface area (Å²) in [7, 11) is 0. The van der Waals surface area contributed by atoms with Gasteiger partial charge in [0.15, 0.2) is 12.4 Å². The van der Waals surface area contributed by atoms with Crippen LogP contribution in [-0.2, 0) is 11.3 Å². The summed E-state index contributed by atoms with van der Waals surface area (Å²) in [6.45, 7) is 2.10. The molecule has 6 nitrogen and oxygen atoms in total. The number of ketones is 1. The van der Waals surface area contributed by atoms with Crippen molar-refractivity contribution >= 4 is 29.1 Å². The lowest BCUT2D eigenvalue weighted by Gasteiger charge is -2.11. The standard InChI is InChI=1S/C21H20ClN3O3/c1-2-19(26)15-7-9-17(10-8-15)28-14-21(27)24-20-11-12-23-25(20)13-16-5-3-4-6-18(16)22/h3-12H,2,13-14H2,1H3,(H,24,27). The highest BCUT2D eigenvalue weighted by molar-refractivity contribution is 6.31. The molecule has 7 heteroatoms. The van der Waals surface area contributed by atoms with E-state index in [4.69, 9.17) is 16.3 Å². The van der Waals surface area contributed by atoms with Gasteiger partial charge in [0.05, 0.1) is 12.7 Å². The van der Waals surface area contributed by atoms with Gasteiger partial charge in [-0.3, -0.25) is 9.59 Å². The van der Waals surface area contributed by atoms with E-state index in [1.165, 1.54) is 0 Å². The van der Waals surface area contributed by atoms with Crippen LogP contribution in [0.5, 0.6) is 5.75 Å². The number of benzene rings is 2. The molecule has 1 N–H and O–H groups in total. The van der Waals surface area contributed by atoms with Crippen LogP contribution >= 0.6 is 11.6 Å². The van der Waals surface area contributed by atoms with Crippen LogP contribution < -0.4 is 10.1 Å². The van der Waals surface area contributed by atoms with Crippen molar-refractivity contribution in [3.8, 4) is 5.75 Å². The number of carbonyl (C=O) groups excluding carboxylic acids is 2. The highest BCUT2D eigenvalue weighted by atomic mass is 35.5. The fourth-order valence-electron chi connectivity index (χ4n) is 2.62. The zero-order chi connectivity index (χ0) is 19.9. The normalized spacial score (nSPS) is 10.5. The van der Waals surface area contributed by atoms with Gasteiger partial charge in [-0.05, 0) is 35.9 Å². The van der Waals surface area contributed by atoms with Crippen LogP contribution in [0.1, 0.15) is 29.3 Å². The van der Waals surface area contributed by atoms with E-state index in [2.05, 4.69) is 10.4 Å². The number of hydrogen-bond donors (Lipinski definition) is 1. The molecule has 144 valence electrons. The third-order valence-electron chi connectivity index (χ3n) is 4.13. The Hall–Kier alpha value is -3.12. The van der Waals surface area contributed by atoms with Gasteiger partial charge in [-0.25, -0.2) is 4.68 Å². The maximum atomic E-state index is 12.2. The van der Waals surface area contributed by atoms with Crippen molar-refractivity contribution in [2.24, 2.45) is 0 Å². The van der Waals surface area contributed by atoms with E-state index in [0.717, 1.165) is 5.56 Å². The van der Waals surface area contributed by atoms with Gasteiger partial charge in [-0.15, -0.1) is 0 Å². The second-order valence-corrected chi connectivity index (χ2v) is 6.51. The van der Waals surface area contributed by atoms with Crippen LogP contribution in [0.25, 0.3) is 0 Å². The zero-order valence-electron chi connectivity index (χ0n) is 15.4. The lowest BCUT2D eigenvalue weighted by atomic mass is 10.1. The fourth-order valence-corrected chi connectivity index (χ4v) is 2.82. The van der Waals surface area contributed by atoms with Gasteiger partial charge < -0.3 is 10.1 Å². The fraction of sp³-hybridized carbons (Fsp3) is 0.190. The molecule has 1 aromatic heterocycles. The SMILES string of the molecule is CCC(=O)c1ccc(OCC(=O)Nc2ccnn2Cc2ccccc2Cl)cc1. The van der Waals surface area contributed by atoms with Gasteiger partial charge in [0.1, 0.15) is 11.6 Å². The number of halogens is 1. The number of ether oxygens (including phenoxy) is 1. The molecule has 0 saturated heterocycles. The Balaban J connectivity index is 1.56. The molecule has 1 amide bonds. The molecule has 0 unspecified atom stereocenters. The van der Waals surface area contributed by atoms with Crippen molar-refractivity contribution in [3.05, 3.63) is 76.9 Å². The van der Waals surface area contributed by atoms with E-state index < -0.39 is 0 Å². The monoisotopic (exact) mass is 397 g/mol. The zero-order valence-corrected chi connectivity index (χ0v) is 16.1. The Kier molecular flexibility index (Phi) is 6.45. The highest BCUT2D eigenvalue weighted by Crippen LogP contribution is 2.18. The van der Waals surface area contributed by atoms with Crippen LogP contribution in [0.3, 0.4) is 0 Å². The van der Waals surface area contributed by atoms with Crippen molar-refractivity contribution in [3.63, 3.8) is 0 Å². The minimum absolute atomic E-state index is 0.0658. The van der Waals surface area contributed by atoms with Crippen molar-refractivity contribution in [1.82, 2.24) is 9.78 Å². The molecule has 0 aliphatic carbocycles. The summed E-state index contributed by atoms with van der Waals surface area (Å²) >= 11 is 6.19. The van der Waals surface area contributed by atoms with E-state index in [1.54, 1.807) is 41.2 Å². The van der Waals surface area contributed by atoms with Crippen LogP contribution in [0.2, 0.25) is 5.02 Å². The van der Waals surface area contributed by atoms with E-state index in [1.807, 2.05) is 31.2 Å². The van der Waals surface area contributed by atoms with Crippen molar-refractivity contribution in [1.29, 1.82) is 0 Å². The van der Waals surface area contributed by atoms with Gasteiger partial charge >= 0.3 is 0 Å². The summed E-state index contributed by atoms with van der Waals surface area (Å²) in [5.41, 5.74) is 1.53. The third kappa shape index (κ3) is 4.98. The van der Waals surface area contributed by atoms with Crippen molar-refractivity contribution in [2.75, 3.05) is 11.9 Å². The van der Waals surface area contributed by atoms with Gasteiger partial charge in [0, 0.05) is 23.1 Å². The maximum Gasteiger partial charge on any atom is 0.263 e. The molecule has 0 radical (unpaired) electrons. The molecular formula is C21H20ClN3O3. The first-order valence-corrected chi connectivity index (χ1v) is 9.25. The van der Waals surface area contributed by atoms with Crippen molar-refractivity contribution in [2.45, 2.75) is 19.9 Å². The van der Waals surface area contributed by atoms with E-state index in [-0.39, 0.29) is 18.3 Å². The molecule has 28 heavy (non-hydrogen) atoms. The number of rotatable bonds is 8. The van der Waals surface area contributed by atoms with E-state index in [9.17, 15) is 9.59 Å². The molecular weight excluding hydrogens is 378 g/mol. The maximum absolute atomic E-state index is 12.2. The third-order valence-corrected chi connectivity index (χ3v) is 4.50. The molecule has 3 aromatic rings. The summed E-state index contributed by atoms with van der Waals surface area (Å²) < 4.78 is 7.15. The van der Waals surface area contributed by atoms with Crippen molar-refractivity contribution < 1.29 is 14.3 Å².